The number of carbonyl (C=O) groups excluding carboxylic acids is 1. The molecule has 10 atom stereocenters. The second kappa shape index (κ2) is 16.7. The number of H-pyrrole nitrogens is 1. The van der Waals surface area contributed by atoms with Crippen molar-refractivity contribution in [3.05, 3.63) is 35.3 Å². The highest BCUT2D eigenvalue weighted by atomic mass is 31.2. The number of hydrogen-bond acceptors (Lipinski definition) is 16. The summed E-state index contributed by atoms with van der Waals surface area (Å²) >= 11 is 0. The molecule has 4 heterocycles. The molecule has 0 bridgehead atoms. The van der Waals surface area contributed by atoms with E-state index in [0.717, 1.165) is 10.9 Å². The van der Waals surface area contributed by atoms with Crippen LogP contribution in [0, 0.1) is 23.2 Å². The first-order valence-electron chi connectivity index (χ1n) is 15.5. The number of imidazole rings is 1. The van der Waals surface area contributed by atoms with E-state index < -0.39 is 102 Å². The van der Waals surface area contributed by atoms with Gasteiger partial charge in [-0.25, -0.2) is 28.3 Å². The van der Waals surface area contributed by atoms with Crippen LogP contribution in [-0.4, -0.2) is 102 Å². The molecule has 1 saturated heterocycles. The minimum atomic E-state index is -4.92. The van der Waals surface area contributed by atoms with Crippen LogP contribution in [-0.2, 0) is 36.8 Å². The molecule has 278 valence electrons. The van der Waals surface area contributed by atoms with E-state index >= 15 is 8.78 Å². The van der Waals surface area contributed by atoms with Gasteiger partial charge in [0.15, 0.2) is 23.6 Å². The van der Waals surface area contributed by atoms with Crippen LogP contribution in [0.15, 0.2) is 29.7 Å². The number of nitrogens with one attached hydrogen (secondary N) is 3. The number of aromatic nitrogens is 6. The van der Waals surface area contributed by atoms with Crippen LogP contribution in [0.3, 0.4) is 0 Å². The zero-order valence-corrected chi connectivity index (χ0v) is 28.9. The Morgan fingerprint density at radius 1 is 1.29 bits per heavy atom. The first-order chi connectivity index (χ1) is 24.3. The summed E-state index contributed by atoms with van der Waals surface area (Å²) in [5.74, 6) is -2.00. The van der Waals surface area contributed by atoms with Gasteiger partial charge in [0.05, 0.1) is 44.7 Å². The third-order valence-electron chi connectivity index (χ3n) is 7.95. The highest BCUT2D eigenvalue weighted by Gasteiger charge is 2.52. The number of nitriles is 1. The van der Waals surface area contributed by atoms with E-state index in [4.69, 9.17) is 28.1 Å². The third-order valence-corrected chi connectivity index (χ3v) is 9.89. The lowest BCUT2D eigenvalue weighted by atomic mass is 10.1. The van der Waals surface area contributed by atoms with Crippen molar-refractivity contribution in [2.75, 3.05) is 30.5 Å². The van der Waals surface area contributed by atoms with E-state index in [1.165, 1.54) is 18.6 Å². The van der Waals surface area contributed by atoms with Gasteiger partial charge in [-0.2, -0.15) is 10.2 Å². The summed E-state index contributed by atoms with van der Waals surface area (Å²) < 4.78 is 85.4. The van der Waals surface area contributed by atoms with Crippen molar-refractivity contribution in [2.45, 2.75) is 69.6 Å². The van der Waals surface area contributed by atoms with Crippen LogP contribution < -0.4 is 16.2 Å². The molecule has 20 nitrogen and oxygen atoms in total. The Balaban J connectivity index is 1.42. The van der Waals surface area contributed by atoms with Gasteiger partial charge in [0, 0.05) is 18.0 Å². The number of aliphatic hydroxyl groups excluding tert-OH is 1. The maximum absolute atomic E-state index is 15.9. The number of halogens is 2. The summed E-state index contributed by atoms with van der Waals surface area (Å²) in [6.07, 6.45) is -7.36. The van der Waals surface area contributed by atoms with Crippen molar-refractivity contribution in [1.29, 1.82) is 5.26 Å². The smallest absolute Gasteiger partial charge is 0.394 e. The SMILES string of the molecule is CC(C)C(=O)Nc1nc2c(ncn2[C@@H]2O[C@H](CO)[C@@H](F)[C@H]2OP(=O)(OCCC#N)OC[C@H]2C[C@@H](Nc3ccncn3)[C@H](F)[C@@H]2O[PH](=O)O)c(=O)[nH]1. The minimum absolute atomic E-state index is 0.0897. The molecule has 24 heteroatoms. The van der Waals surface area contributed by atoms with Crippen LogP contribution in [0.1, 0.15) is 32.9 Å². The normalized spacial score (nSPS) is 28.0. The molecule has 51 heavy (non-hydrogen) atoms. The summed E-state index contributed by atoms with van der Waals surface area (Å²) in [5.41, 5.74) is -1.21. The molecule has 5 rings (SSSR count). The maximum atomic E-state index is 15.9. The number of aromatic amines is 1. The van der Waals surface area contributed by atoms with Gasteiger partial charge in [-0.15, -0.1) is 0 Å². The monoisotopic (exact) mass is 761 g/mol. The number of carbonyl (C=O) groups is 1. The second-order valence-electron chi connectivity index (χ2n) is 11.8. The fraction of sp³-hybridized carbons (Fsp3) is 0.593. The molecule has 1 amide bonds. The van der Waals surface area contributed by atoms with Crippen LogP contribution in [0.25, 0.3) is 11.2 Å². The quantitative estimate of drug-likeness (QED) is 0.103. The van der Waals surface area contributed by atoms with E-state index in [0.29, 0.717) is 0 Å². The number of phosphoric acid groups is 1. The van der Waals surface area contributed by atoms with E-state index in [1.807, 2.05) is 0 Å². The number of hydrogen-bond donors (Lipinski definition) is 5. The Bertz CT molecular complexity index is 1850. The van der Waals surface area contributed by atoms with Crippen molar-refractivity contribution < 1.29 is 55.5 Å². The molecule has 1 aliphatic carbocycles. The van der Waals surface area contributed by atoms with Gasteiger partial charge >= 0.3 is 16.1 Å². The molecule has 0 radical (unpaired) electrons. The molecule has 2 aliphatic rings. The van der Waals surface area contributed by atoms with Crippen molar-refractivity contribution in [3.8, 4) is 6.07 Å². The number of fused-ring (bicyclic) bond motifs is 1. The first-order valence-corrected chi connectivity index (χ1v) is 18.2. The number of alkyl halides is 2. The molecule has 5 N–H and O–H groups in total. The van der Waals surface area contributed by atoms with Gasteiger partial charge in [-0.1, -0.05) is 13.8 Å². The number of nitrogens with zero attached hydrogens (tertiary/aromatic N) is 6. The number of anilines is 2. The van der Waals surface area contributed by atoms with E-state index in [-0.39, 0.29) is 35.8 Å². The number of phosphoric ester groups is 1. The molecule has 1 saturated carbocycles. The highest BCUT2D eigenvalue weighted by Crippen LogP contribution is 2.55. The van der Waals surface area contributed by atoms with Gasteiger partial charge in [0.1, 0.15) is 36.6 Å². The van der Waals surface area contributed by atoms with Gasteiger partial charge in [0.2, 0.25) is 11.9 Å². The van der Waals surface area contributed by atoms with Crippen LogP contribution in [0.4, 0.5) is 20.5 Å². The zero-order valence-electron chi connectivity index (χ0n) is 27.0. The van der Waals surface area contributed by atoms with Crippen molar-refractivity contribution in [2.24, 2.45) is 11.8 Å². The molecular weight excluding hydrogens is 726 g/mol. The lowest BCUT2D eigenvalue weighted by Gasteiger charge is -2.27. The average molecular weight is 762 g/mol. The fourth-order valence-corrected chi connectivity index (χ4v) is 7.43. The Morgan fingerprint density at radius 2 is 2.08 bits per heavy atom. The molecule has 2 fully saturated rings. The first kappa shape index (κ1) is 38.5. The van der Waals surface area contributed by atoms with Gasteiger partial charge in [-0.3, -0.25) is 42.6 Å². The van der Waals surface area contributed by atoms with Crippen LogP contribution in [0.2, 0.25) is 0 Å². The number of ether oxygens (including phenoxy) is 1. The van der Waals surface area contributed by atoms with Crippen molar-refractivity contribution in [1.82, 2.24) is 29.5 Å². The van der Waals surface area contributed by atoms with Gasteiger partial charge < -0.3 is 24.6 Å². The third kappa shape index (κ3) is 9.00. The van der Waals surface area contributed by atoms with Crippen LogP contribution in [0.5, 0.6) is 0 Å². The summed E-state index contributed by atoms with van der Waals surface area (Å²) in [7, 11) is -8.59. The number of aliphatic hydroxyl groups is 1. The predicted molar refractivity (Wildman–Crippen MR) is 171 cm³/mol. The standard InChI is InChI=1S/C27H35F2N9O11P2/c1-13(2)24(40)36-27-35-23-20(25(41)37-27)33-12-38(23)26-22(19(29)16(9-39)47-26)49-51(44,45-7-3-5-30)46-10-14-8-15(18(28)21(14)48-50(42)43)34-17-4-6-31-11-32-17/h4,6,11-16,18-19,21-22,26,39,50H,3,7-10H2,1-2H3,(H,42,43)(H,31,32,34)(H2,35,36,37,40,41)/t14-,15-,16-,18+,19-,21-,22-,26-,51?/m1/s1. The summed E-state index contributed by atoms with van der Waals surface area (Å²) in [5, 5.41) is 24.2. The Labute approximate surface area is 288 Å². The molecule has 3 aromatic rings. The molecular formula is C27H35F2N9O11P2. The Morgan fingerprint density at radius 3 is 2.75 bits per heavy atom. The number of amides is 1. The molecule has 1 aliphatic heterocycles. The predicted octanol–water partition coefficient (Wildman–Crippen LogP) is 1.78. The fourth-order valence-electron chi connectivity index (χ4n) is 5.47. The average Bonchev–Trinajstić information content (AvgIpc) is 3.74. The largest absolute Gasteiger partial charge is 0.475 e. The van der Waals surface area contributed by atoms with E-state index in [2.05, 4.69) is 35.6 Å². The van der Waals surface area contributed by atoms with E-state index in [9.17, 15) is 28.7 Å². The minimum Gasteiger partial charge on any atom is -0.394 e. The van der Waals surface area contributed by atoms with Crippen molar-refractivity contribution >= 4 is 44.9 Å². The molecule has 3 aromatic heterocycles. The summed E-state index contributed by atoms with van der Waals surface area (Å²) in [4.78, 5) is 52.9. The Hall–Kier alpha value is -3.77. The van der Waals surface area contributed by atoms with E-state index in [1.54, 1.807) is 19.9 Å². The van der Waals surface area contributed by atoms with Crippen molar-refractivity contribution in [3.63, 3.8) is 0 Å². The van der Waals surface area contributed by atoms with Crippen LogP contribution >= 0.6 is 16.1 Å². The molecule has 2 unspecified atom stereocenters. The topological polar surface area (TPSA) is 275 Å². The Kier molecular flexibility index (Phi) is 12.6. The highest BCUT2D eigenvalue weighted by molar-refractivity contribution is 7.48. The summed E-state index contributed by atoms with van der Waals surface area (Å²) in [6.45, 7) is 1.18. The molecule has 0 spiro atoms. The second-order valence-corrected chi connectivity index (χ2v) is 14.2. The lowest BCUT2D eigenvalue weighted by Crippen LogP contribution is -2.33. The lowest BCUT2D eigenvalue weighted by molar-refractivity contribution is -0.118. The van der Waals surface area contributed by atoms with Gasteiger partial charge in [0.25, 0.3) is 5.56 Å². The van der Waals surface area contributed by atoms with Gasteiger partial charge in [-0.05, 0) is 12.5 Å². The number of rotatable bonds is 16. The maximum Gasteiger partial charge on any atom is 0.475 e. The zero-order chi connectivity index (χ0) is 36.9. The summed E-state index contributed by atoms with van der Waals surface area (Å²) in [6, 6.07) is 2.25. The molecule has 0 aromatic carbocycles.